The number of nitrogens with one attached hydrogen (secondary N) is 3. The summed E-state index contributed by atoms with van der Waals surface area (Å²) >= 11 is 0. The second kappa shape index (κ2) is 9.05. The number of hydrogen-bond acceptors (Lipinski definition) is 6. The molecule has 4 aromatic rings. The Labute approximate surface area is 198 Å². The van der Waals surface area contributed by atoms with Crippen molar-refractivity contribution in [2.45, 2.75) is 39.7 Å². The van der Waals surface area contributed by atoms with Crippen molar-refractivity contribution in [2.75, 3.05) is 10.6 Å². The number of pyridine rings is 3. The third-order valence-corrected chi connectivity index (χ3v) is 6.11. The average Bonchev–Trinajstić information content (AvgIpc) is 3.26. The highest BCUT2D eigenvalue weighted by Gasteiger charge is 2.29. The molecule has 0 aliphatic heterocycles. The van der Waals surface area contributed by atoms with Crippen LogP contribution in [0.15, 0.2) is 61.2 Å². The summed E-state index contributed by atoms with van der Waals surface area (Å²) in [5.41, 5.74) is 6.34. The zero-order valence-corrected chi connectivity index (χ0v) is 19.3. The summed E-state index contributed by atoms with van der Waals surface area (Å²) < 4.78 is 0. The van der Waals surface area contributed by atoms with Crippen LogP contribution in [0.4, 0.5) is 11.5 Å². The van der Waals surface area contributed by atoms with E-state index >= 15 is 0 Å². The van der Waals surface area contributed by atoms with Crippen LogP contribution in [-0.4, -0.2) is 31.1 Å². The van der Waals surface area contributed by atoms with Gasteiger partial charge in [0.1, 0.15) is 11.5 Å². The highest BCUT2D eigenvalue weighted by molar-refractivity contribution is 6.03. The molecule has 0 saturated heterocycles. The third-order valence-electron chi connectivity index (χ3n) is 6.11. The lowest BCUT2D eigenvalue weighted by Gasteiger charge is -2.29. The number of carbonyl (C=O) groups excluding carboxylic acids is 1. The van der Waals surface area contributed by atoms with E-state index < -0.39 is 0 Å². The van der Waals surface area contributed by atoms with Crippen LogP contribution in [0.5, 0.6) is 0 Å². The predicted molar refractivity (Wildman–Crippen MR) is 131 cm³/mol. The fraction of sp³-hybridized carbons (Fsp3) is 0.269. The van der Waals surface area contributed by atoms with Crippen LogP contribution in [0.1, 0.15) is 47.6 Å². The molecule has 1 amide bonds. The minimum absolute atomic E-state index is 0.250. The van der Waals surface area contributed by atoms with Crippen molar-refractivity contribution in [1.29, 1.82) is 0 Å². The molecular weight excluding hydrogens is 426 g/mol. The maximum atomic E-state index is 13.1. The van der Waals surface area contributed by atoms with E-state index in [4.69, 9.17) is 0 Å². The van der Waals surface area contributed by atoms with Gasteiger partial charge in [-0.15, -0.1) is 0 Å². The molecule has 172 valence electrons. The molecule has 3 N–H and O–H groups in total. The van der Waals surface area contributed by atoms with Crippen molar-refractivity contribution in [3.05, 3.63) is 83.7 Å². The van der Waals surface area contributed by atoms with Crippen LogP contribution in [0, 0.1) is 5.41 Å². The van der Waals surface area contributed by atoms with Gasteiger partial charge in [-0.25, -0.2) is 4.98 Å². The van der Waals surface area contributed by atoms with E-state index in [9.17, 15) is 4.79 Å². The van der Waals surface area contributed by atoms with E-state index in [1.54, 1.807) is 43.0 Å². The molecule has 0 bridgehead atoms. The molecule has 0 atom stereocenters. The van der Waals surface area contributed by atoms with Crippen molar-refractivity contribution in [3.8, 4) is 11.3 Å². The molecule has 4 heterocycles. The van der Waals surface area contributed by atoms with Crippen molar-refractivity contribution in [3.63, 3.8) is 0 Å². The van der Waals surface area contributed by atoms with Gasteiger partial charge in [0.25, 0.3) is 5.91 Å². The first-order chi connectivity index (χ1) is 16.5. The van der Waals surface area contributed by atoms with Gasteiger partial charge in [0.15, 0.2) is 0 Å². The zero-order chi connectivity index (χ0) is 23.5. The molecule has 1 aliphatic carbocycles. The maximum Gasteiger partial charge on any atom is 0.274 e. The molecular formula is C26H27N7O. The minimum atomic E-state index is -0.301. The third kappa shape index (κ3) is 4.80. The number of carbonyl (C=O) groups is 1. The van der Waals surface area contributed by atoms with Gasteiger partial charge in [-0.2, -0.15) is 5.10 Å². The van der Waals surface area contributed by atoms with Crippen LogP contribution in [0.3, 0.4) is 0 Å². The molecule has 0 aromatic carbocycles. The number of aromatic amines is 1. The van der Waals surface area contributed by atoms with Crippen molar-refractivity contribution < 1.29 is 4.79 Å². The van der Waals surface area contributed by atoms with E-state index in [2.05, 4.69) is 49.6 Å². The summed E-state index contributed by atoms with van der Waals surface area (Å²) in [5.74, 6) is 0.301. The number of amides is 1. The van der Waals surface area contributed by atoms with Crippen LogP contribution in [0.2, 0.25) is 0 Å². The number of hydrogen-bond donors (Lipinski definition) is 3. The van der Waals surface area contributed by atoms with Gasteiger partial charge in [-0.1, -0.05) is 19.9 Å². The smallest absolute Gasteiger partial charge is 0.274 e. The number of aromatic nitrogens is 5. The second-order valence-corrected chi connectivity index (χ2v) is 9.41. The molecule has 8 heteroatoms. The molecule has 0 radical (unpaired) electrons. The van der Waals surface area contributed by atoms with Crippen LogP contribution in [-0.2, 0) is 19.4 Å². The van der Waals surface area contributed by atoms with Gasteiger partial charge < -0.3 is 10.6 Å². The second-order valence-electron chi connectivity index (χ2n) is 9.41. The average molecular weight is 454 g/mol. The quantitative estimate of drug-likeness (QED) is 0.392. The lowest BCUT2D eigenvalue weighted by molar-refractivity contribution is 0.102. The highest BCUT2D eigenvalue weighted by Crippen LogP contribution is 2.38. The topological polar surface area (TPSA) is 108 Å². The minimum Gasteiger partial charge on any atom is -0.366 e. The Kier molecular flexibility index (Phi) is 5.79. The molecule has 34 heavy (non-hydrogen) atoms. The molecule has 0 spiro atoms. The Balaban J connectivity index is 1.49. The molecule has 0 saturated carbocycles. The first kappa shape index (κ1) is 21.8. The molecule has 5 rings (SSSR count). The lowest BCUT2D eigenvalue weighted by Crippen LogP contribution is -2.22. The van der Waals surface area contributed by atoms with E-state index in [1.165, 1.54) is 11.3 Å². The van der Waals surface area contributed by atoms with Gasteiger partial charge in [-0.05, 0) is 60.6 Å². The van der Waals surface area contributed by atoms with Gasteiger partial charge in [0.05, 0.1) is 17.6 Å². The molecule has 8 nitrogen and oxygen atoms in total. The number of anilines is 2. The number of nitrogens with zero attached hydrogens (tertiary/aromatic N) is 4. The van der Waals surface area contributed by atoms with Gasteiger partial charge in [0.2, 0.25) is 0 Å². The molecule has 4 aromatic heterocycles. The van der Waals surface area contributed by atoms with Gasteiger partial charge >= 0.3 is 0 Å². The summed E-state index contributed by atoms with van der Waals surface area (Å²) in [6, 6.07) is 11.2. The van der Waals surface area contributed by atoms with E-state index in [-0.39, 0.29) is 11.3 Å². The Bertz CT molecular complexity index is 1300. The summed E-state index contributed by atoms with van der Waals surface area (Å²) in [6.45, 7) is 5.11. The van der Waals surface area contributed by atoms with Gasteiger partial charge in [0, 0.05) is 42.0 Å². The van der Waals surface area contributed by atoms with Crippen molar-refractivity contribution >= 4 is 17.4 Å². The summed E-state index contributed by atoms with van der Waals surface area (Å²) in [5, 5.41) is 14.1. The maximum absolute atomic E-state index is 13.1. The van der Waals surface area contributed by atoms with Gasteiger partial charge in [-0.3, -0.25) is 19.9 Å². The molecule has 0 unspecified atom stereocenters. The van der Waals surface area contributed by atoms with E-state index in [1.807, 2.05) is 18.2 Å². The van der Waals surface area contributed by atoms with E-state index in [0.717, 1.165) is 36.1 Å². The Morgan fingerprint density at radius 1 is 1.12 bits per heavy atom. The van der Waals surface area contributed by atoms with Crippen molar-refractivity contribution in [1.82, 2.24) is 25.1 Å². The Hall–Kier alpha value is -4.07. The zero-order valence-electron chi connectivity index (χ0n) is 19.3. The fourth-order valence-electron chi connectivity index (χ4n) is 4.29. The summed E-state index contributed by atoms with van der Waals surface area (Å²) in [7, 11) is 0. The first-order valence-electron chi connectivity index (χ1n) is 11.4. The Morgan fingerprint density at radius 3 is 2.71 bits per heavy atom. The van der Waals surface area contributed by atoms with Crippen LogP contribution >= 0.6 is 0 Å². The van der Waals surface area contributed by atoms with E-state index in [0.29, 0.717) is 23.7 Å². The van der Waals surface area contributed by atoms with Crippen molar-refractivity contribution in [2.24, 2.45) is 5.41 Å². The fourth-order valence-corrected chi connectivity index (χ4v) is 4.29. The summed E-state index contributed by atoms with van der Waals surface area (Å²) in [6.07, 6.45) is 9.82. The number of rotatable bonds is 6. The normalized spacial score (nSPS) is 14.3. The van der Waals surface area contributed by atoms with Crippen LogP contribution < -0.4 is 10.6 Å². The highest BCUT2D eigenvalue weighted by atomic mass is 16.1. The SMILES string of the molecule is CC1(C)CCc2c(-c3cc(NCc4cccnc4)nc(C(=O)Nc4cccnc4)c3)n[nH]c2C1. The predicted octanol–water partition coefficient (Wildman–Crippen LogP) is 4.64. The van der Waals surface area contributed by atoms with Crippen LogP contribution in [0.25, 0.3) is 11.3 Å². The number of H-pyrrole nitrogens is 1. The Morgan fingerprint density at radius 2 is 1.94 bits per heavy atom. The largest absolute Gasteiger partial charge is 0.366 e. The summed E-state index contributed by atoms with van der Waals surface area (Å²) in [4.78, 5) is 25.9. The lowest BCUT2D eigenvalue weighted by atomic mass is 9.76. The number of fused-ring (bicyclic) bond motifs is 1. The first-order valence-corrected chi connectivity index (χ1v) is 11.4. The standard InChI is InChI=1S/C26H27N7O/c1-26(2)8-7-20-22(13-26)32-33-24(20)18-11-21(25(34)30-19-6-4-10-28-16-19)31-23(12-18)29-15-17-5-3-9-27-14-17/h3-6,9-12,14,16H,7-8,13,15H2,1-2H3,(H,29,31)(H,30,34)(H,32,33). The monoisotopic (exact) mass is 453 g/mol. The molecule has 0 fully saturated rings. The molecule has 1 aliphatic rings.